The van der Waals surface area contributed by atoms with Crippen LogP contribution in [0, 0.1) is 5.82 Å². The van der Waals surface area contributed by atoms with Crippen molar-refractivity contribution in [3.05, 3.63) is 71.7 Å². The fraction of sp³-hybridized carbons (Fsp3) is 0.111. The Bertz CT molecular complexity index is 1050. The molecule has 0 saturated carbocycles. The van der Waals surface area contributed by atoms with E-state index in [1.165, 1.54) is 30.5 Å². The summed E-state index contributed by atoms with van der Waals surface area (Å²) in [7, 11) is -3.75. The molecule has 0 atom stereocenters. The van der Waals surface area contributed by atoms with E-state index in [-0.39, 0.29) is 23.0 Å². The number of benzene rings is 2. The molecule has 3 aromatic rings. The lowest BCUT2D eigenvalue weighted by Gasteiger charge is -2.05. The standard InChI is InChI=1S/C18H15FN2O4S2/c19-15-7-5-14(6-8-15)18-20-11-17(26-18)27(24,25)21-10-13-3-1-12(2-4-13)9-16(22)23/h1-8,11,21H,9-10H2,(H,22,23). The molecular weight excluding hydrogens is 391 g/mol. The minimum absolute atomic E-state index is 0.0596. The number of hydrogen-bond acceptors (Lipinski definition) is 5. The zero-order valence-corrected chi connectivity index (χ0v) is 15.6. The summed E-state index contributed by atoms with van der Waals surface area (Å²) in [6.45, 7) is 0.0689. The number of carbonyl (C=O) groups is 1. The molecule has 1 aromatic heterocycles. The quantitative estimate of drug-likeness (QED) is 0.629. The lowest BCUT2D eigenvalue weighted by Crippen LogP contribution is -2.22. The van der Waals surface area contributed by atoms with Gasteiger partial charge in [-0.15, -0.1) is 11.3 Å². The van der Waals surface area contributed by atoms with Crippen LogP contribution in [0.25, 0.3) is 10.6 Å². The Morgan fingerprint density at radius 2 is 1.70 bits per heavy atom. The Kier molecular flexibility index (Phi) is 5.64. The average Bonchev–Trinajstić information content (AvgIpc) is 3.12. The molecule has 140 valence electrons. The van der Waals surface area contributed by atoms with Crippen molar-refractivity contribution in [3.63, 3.8) is 0 Å². The third-order valence-corrected chi connectivity index (χ3v) is 6.59. The second-order valence-electron chi connectivity index (χ2n) is 5.70. The number of nitrogens with one attached hydrogen (secondary N) is 1. The molecule has 0 amide bonds. The summed E-state index contributed by atoms with van der Waals surface area (Å²) in [5.74, 6) is -1.30. The largest absolute Gasteiger partial charge is 0.481 e. The van der Waals surface area contributed by atoms with Gasteiger partial charge in [0.15, 0.2) is 4.21 Å². The maximum atomic E-state index is 13.0. The zero-order valence-electron chi connectivity index (χ0n) is 13.9. The number of sulfonamides is 1. The first-order valence-electron chi connectivity index (χ1n) is 7.84. The molecule has 2 aromatic carbocycles. The van der Waals surface area contributed by atoms with Gasteiger partial charge >= 0.3 is 5.97 Å². The van der Waals surface area contributed by atoms with Crippen LogP contribution in [0.2, 0.25) is 0 Å². The van der Waals surface area contributed by atoms with E-state index in [1.807, 2.05) is 0 Å². The second kappa shape index (κ2) is 7.95. The Morgan fingerprint density at radius 3 is 2.33 bits per heavy atom. The van der Waals surface area contributed by atoms with Crippen molar-refractivity contribution >= 4 is 27.3 Å². The van der Waals surface area contributed by atoms with Gasteiger partial charge < -0.3 is 5.11 Å². The topological polar surface area (TPSA) is 96.4 Å². The maximum absolute atomic E-state index is 13.0. The molecule has 6 nitrogen and oxygen atoms in total. The summed E-state index contributed by atoms with van der Waals surface area (Å²) in [4.78, 5) is 14.8. The first-order valence-corrected chi connectivity index (χ1v) is 10.1. The molecule has 0 fully saturated rings. The number of halogens is 1. The van der Waals surface area contributed by atoms with Crippen molar-refractivity contribution in [1.29, 1.82) is 0 Å². The highest BCUT2D eigenvalue weighted by Crippen LogP contribution is 2.28. The van der Waals surface area contributed by atoms with Crippen LogP contribution < -0.4 is 4.72 Å². The number of thiazole rings is 1. The number of rotatable bonds is 7. The predicted molar refractivity (Wildman–Crippen MR) is 99.3 cm³/mol. The monoisotopic (exact) mass is 406 g/mol. The minimum Gasteiger partial charge on any atom is -0.481 e. The van der Waals surface area contributed by atoms with Crippen molar-refractivity contribution in [3.8, 4) is 10.6 Å². The molecule has 0 spiro atoms. The first kappa shape index (κ1) is 19.2. The maximum Gasteiger partial charge on any atom is 0.307 e. The Hall–Kier alpha value is -2.62. The van der Waals surface area contributed by atoms with Crippen molar-refractivity contribution in [2.75, 3.05) is 0 Å². The van der Waals surface area contributed by atoms with Gasteiger partial charge in [-0.05, 0) is 35.4 Å². The van der Waals surface area contributed by atoms with Gasteiger partial charge in [0, 0.05) is 12.1 Å². The summed E-state index contributed by atoms with van der Waals surface area (Å²) in [5.41, 5.74) is 1.98. The number of aromatic nitrogens is 1. The van der Waals surface area contributed by atoms with Gasteiger partial charge in [-0.2, -0.15) is 0 Å². The normalized spacial score (nSPS) is 11.4. The number of hydrogen-bond donors (Lipinski definition) is 2. The fourth-order valence-corrected chi connectivity index (χ4v) is 4.51. The number of nitrogens with zero attached hydrogens (tertiary/aromatic N) is 1. The Morgan fingerprint density at radius 1 is 1.07 bits per heavy atom. The highest BCUT2D eigenvalue weighted by Gasteiger charge is 2.18. The summed E-state index contributed by atoms with van der Waals surface area (Å²) < 4.78 is 40.4. The molecule has 3 rings (SSSR count). The van der Waals surface area contributed by atoms with E-state index < -0.39 is 16.0 Å². The van der Waals surface area contributed by atoms with Gasteiger partial charge in [-0.3, -0.25) is 4.79 Å². The highest BCUT2D eigenvalue weighted by molar-refractivity contribution is 7.91. The fourth-order valence-electron chi connectivity index (χ4n) is 2.31. The van der Waals surface area contributed by atoms with Gasteiger partial charge in [0.25, 0.3) is 10.0 Å². The third-order valence-electron chi connectivity index (χ3n) is 3.69. The molecule has 0 aliphatic carbocycles. The van der Waals surface area contributed by atoms with E-state index in [4.69, 9.17) is 5.11 Å². The molecule has 2 N–H and O–H groups in total. The SMILES string of the molecule is O=C(O)Cc1ccc(CNS(=O)(=O)c2cnc(-c3ccc(F)cc3)s2)cc1. The van der Waals surface area contributed by atoms with Crippen LogP contribution in [0.15, 0.2) is 58.9 Å². The van der Waals surface area contributed by atoms with Crippen molar-refractivity contribution in [1.82, 2.24) is 9.71 Å². The minimum atomic E-state index is -3.75. The lowest BCUT2D eigenvalue weighted by atomic mass is 10.1. The van der Waals surface area contributed by atoms with Crippen LogP contribution in [0.5, 0.6) is 0 Å². The molecule has 0 unspecified atom stereocenters. The molecule has 0 aliphatic heterocycles. The molecule has 9 heteroatoms. The van der Waals surface area contributed by atoms with Crippen LogP contribution in [0.3, 0.4) is 0 Å². The summed E-state index contributed by atoms with van der Waals surface area (Å²) in [6, 6.07) is 12.3. The second-order valence-corrected chi connectivity index (χ2v) is 8.73. The van der Waals surface area contributed by atoms with Crippen molar-refractivity contribution in [2.45, 2.75) is 17.2 Å². The van der Waals surface area contributed by atoms with E-state index in [1.54, 1.807) is 24.3 Å². The van der Waals surface area contributed by atoms with Crippen LogP contribution in [0.1, 0.15) is 11.1 Å². The first-order chi connectivity index (χ1) is 12.8. The van der Waals surface area contributed by atoms with Gasteiger partial charge in [0.1, 0.15) is 10.8 Å². The molecule has 0 aliphatic rings. The molecule has 0 bridgehead atoms. The van der Waals surface area contributed by atoms with Gasteiger partial charge in [0.2, 0.25) is 0 Å². The highest BCUT2D eigenvalue weighted by atomic mass is 32.2. The summed E-state index contributed by atoms with van der Waals surface area (Å²) >= 11 is 0.994. The molecule has 1 heterocycles. The van der Waals surface area contributed by atoms with Crippen LogP contribution in [-0.2, 0) is 27.8 Å². The van der Waals surface area contributed by atoms with E-state index in [0.717, 1.165) is 11.3 Å². The van der Waals surface area contributed by atoms with E-state index in [0.29, 0.717) is 21.7 Å². The van der Waals surface area contributed by atoms with E-state index in [9.17, 15) is 17.6 Å². The Balaban J connectivity index is 1.68. The molecular formula is C18H15FN2O4S2. The molecule has 0 saturated heterocycles. The van der Waals surface area contributed by atoms with Crippen molar-refractivity contribution in [2.24, 2.45) is 0 Å². The van der Waals surface area contributed by atoms with Crippen LogP contribution >= 0.6 is 11.3 Å². The van der Waals surface area contributed by atoms with Crippen LogP contribution in [0.4, 0.5) is 4.39 Å². The third kappa shape index (κ3) is 4.97. The lowest BCUT2D eigenvalue weighted by molar-refractivity contribution is -0.136. The summed E-state index contributed by atoms with van der Waals surface area (Å²) in [6.07, 6.45) is 1.18. The number of aliphatic carboxylic acids is 1. The molecule has 27 heavy (non-hydrogen) atoms. The predicted octanol–water partition coefficient (Wildman–Crippen LogP) is 3.05. The Labute approximate surface area is 159 Å². The van der Waals surface area contributed by atoms with E-state index >= 15 is 0 Å². The van der Waals surface area contributed by atoms with E-state index in [2.05, 4.69) is 9.71 Å². The number of carboxylic acids is 1. The number of carboxylic acid groups (broad SMARTS) is 1. The van der Waals surface area contributed by atoms with Gasteiger partial charge in [0.05, 0.1) is 12.6 Å². The average molecular weight is 406 g/mol. The smallest absolute Gasteiger partial charge is 0.307 e. The van der Waals surface area contributed by atoms with Crippen molar-refractivity contribution < 1.29 is 22.7 Å². The zero-order chi connectivity index (χ0) is 19.4. The van der Waals surface area contributed by atoms with Gasteiger partial charge in [-0.1, -0.05) is 24.3 Å². The molecule has 0 radical (unpaired) electrons. The van der Waals surface area contributed by atoms with Gasteiger partial charge in [-0.25, -0.2) is 22.5 Å². The van der Waals surface area contributed by atoms with Crippen LogP contribution in [-0.4, -0.2) is 24.5 Å². The summed E-state index contributed by atoms with van der Waals surface area (Å²) in [5, 5.41) is 9.24.